The average Bonchev–Trinajstić information content (AvgIpc) is 2.65. The molecule has 0 saturated heterocycles. The molecule has 2 aromatic carbocycles. The van der Waals surface area contributed by atoms with E-state index in [1.807, 2.05) is 43.3 Å². The lowest BCUT2D eigenvalue weighted by atomic mass is 10.2. The zero-order chi connectivity index (χ0) is 13.4. The fourth-order valence-electron chi connectivity index (χ4n) is 2.28. The predicted octanol–water partition coefficient (Wildman–Crippen LogP) is 3.63. The Morgan fingerprint density at radius 3 is 2.84 bits per heavy atom. The molecular weight excluding hydrogens is 258 g/mol. The molecule has 0 unspecified atom stereocenters. The highest BCUT2D eigenvalue weighted by Gasteiger charge is 2.08. The van der Waals surface area contributed by atoms with Crippen LogP contribution in [-0.2, 0) is 6.54 Å². The van der Waals surface area contributed by atoms with E-state index in [9.17, 15) is 0 Å². The van der Waals surface area contributed by atoms with Crippen LogP contribution in [0.5, 0.6) is 0 Å². The number of aryl methyl sites for hydroxylation is 1. The second kappa shape index (κ2) is 4.59. The van der Waals surface area contributed by atoms with Gasteiger partial charge in [0.1, 0.15) is 5.82 Å². The highest BCUT2D eigenvalue weighted by molar-refractivity contribution is 6.30. The lowest BCUT2D eigenvalue weighted by Crippen LogP contribution is -2.01. The van der Waals surface area contributed by atoms with E-state index in [1.54, 1.807) is 0 Å². The van der Waals surface area contributed by atoms with Crippen molar-refractivity contribution in [1.82, 2.24) is 9.55 Å². The first kappa shape index (κ1) is 12.1. The monoisotopic (exact) mass is 271 g/mol. The van der Waals surface area contributed by atoms with Crippen LogP contribution in [0, 0.1) is 6.92 Å². The van der Waals surface area contributed by atoms with Crippen molar-refractivity contribution in [2.75, 3.05) is 5.73 Å². The molecule has 0 bridgehead atoms. The number of nitrogen functional groups attached to an aromatic ring is 1. The van der Waals surface area contributed by atoms with Crippen molar-refractivity contribution >= 4 is 28.3 Å². The minimum Gasteiger partial charge on any atom is -0.399 e. The molecule has 3 aromatic rings. The van der Waals surface area contributed by atoms with Crippen LogP contribution >= 0.6 is 11.6 Å². The molecule has 4 heteroatoms. The lowest BCUT2D eigenvalue weighted by molar-refractivity contribution is 0.786. The van der Waals surface area contributed by atoms with Crippen molar-refractivity contribution in [1.29, 1.82) is 0 Å². The fourth-order valence-corrected chi connectivity index (χ4v) is 2.50. The lowest BCUT2D eigenvalue weighted by Gasteiger charge is -2.07. The van der Waals surface area contributed by atoms with Crippen molar-refractivity contribution in [3.8, 4) is 0 Å². The number of aromatic nitrogens is 2. The average molecular weight is 272 g/mol. The number of nitrogens with two attached hydrogens (primary N) is 1. The van der Waals surface area contributed by atoms with Gasteiger partial charge in [-0.25, -0.2) is 4.98 Å². The van der Waals surface area contributed by atoms with Gasteiger partial charge in [-0.2, -0.15) is 0 Å². The Morgan fingerprint density at radius 2 is 2.05 bits per heavy atom. The molecule has 0 atom stereocenters. The molecule has 0 fully saturated rings. The van der Waals surface area contributed by atoms with Gasteiger partial charge >= 0.3 is 0 Å². The third-order valence-corrected chi connectivity index (χ3v) is 3.43. The van der Waals surface area contributed by atoms with E-state index in [4.69, 9.17) is 17.3 Å². The summed E-state index contributed by atoms with van der Waals surface area (Å²) in [6, 6.07) is 13.7. The minimum atomic E-state index is 0.736. The van der Waals surface area contributed by atoms with Crippen molar-refractivity contribution in [2.24, 2.45) is 0 Å². The molecule has 2 N–H and O–H groups in total. The topological polar surface area (TPSA) is 43.8 Å². The van der Waals surface area contributed by atoms with E-state index >= 15 is 0 Å². The smallest absolute Gasteiger partial charge is 0.107 e. The first-order valence-electron chi connectivity index (χ1n) is 6.10. The van der Waals surface area contributed by atoms with E-state index in [1.165, 1.54) is 0 Å². The van der Waals surface area contributed by atoms with Gasteiger partial charge < -0.3 is 10.3 Å². The van der Waals surface area contributed by atoms with Gasteiger partial charge in [-0.05, 0) is 42.8 Å². The fraction of sp³-hybridized carbons (Fsp3) is 0.133. The van der Waals surface area contributed by atoms with Crippen LogP contribution in [-0.4, -0.2) is 9.55 Å². The van der Waals surface area contributed by atoms with Crippen molar-refractivity contribution in [3.05, 3.63) is 58.9 Å². The third-order valence-electron chi connectivity index (χ3n) is 3.19. The Hall–Kier alpha value is -2.00. The molecule has 0 saturated carbocycles. The maximum absolute atomic E-state index is 6.02. The maximum Gasteiger partial charge on any atom is 0.107 e. The molecule has 3 rings (SSSR count). The molecule has 0 spiro atoms. The molecule has 1 heterocycles. The predicted molar refractivity (Wildman–Crippen MR) is 79.4 cm³/mol. The van der Waals surface area contributed by atoms with Crippen LogP contribution in [0.1, 0.15) is 11.4 Å². The normalized spacial score (nSPS) is 11.1. The summed E-state index contributed by atoms with van der Waals surface area (Å²) in [5, 5.41) is 0.754. The van der Waals surface area contributed by atoms with Gasteiger partial charge in [0.15, 0.2) is 0 Å². The van der Waals surface area contributed by atoms with Crippen molar-refractivity contribution in [2.45, 2.75) is 13.5 Å². The number of imidazole rings is 1. The molecular formula is C15H14ClN3. The van der Waals surface area contributed by atoms with Crippen LogP contribution in [0.3, 0.4) is 0 Å². The zero-order valence-corrected chi connectivity index (χ0v) is 11.4. The second-order valence-electron chi connectivity index (χ2n) is 4.62. The standard InChI is InChI=1S/C15H14ClN3/c1-10-18-14-8-13(17)5-6-15(14)19(10)9-11-3-2-4-12(16)7-11/h2-8H,9,17H2,1H3. The number of benzene rings is 2. The van der Waals surface area contributed by atoms with E-state index in [0.29, 0.717) is 0 Å². The van der Waals surface area contributed by atoms with E-state index in [2.05, 4.69) is 15.6 Å². The van der Waals surface area contributed by atoms with Gasteiger partial charge in [0.2, 0.25) is 0 Å². The maximum atomic E-state index is 6.02. The van der Waals surface area contributed by atoms with Crippen LogP contribution < -0.4 is 5.73 Å². The first-order valence-corrected chi connectivity index (χ1v) is 6.48. The summed E-state index contributed by atoms with van der Waals surface area (Å²) in [5.74, 6) is 0.973. The number of hydrogen-bond acceptors (Lipinski definition) is 2. The quantitative estimate of drug-likeness (QED) is 0.724. The van der Waals surface area contributed by atoms with Crippen molar-refractivity contribution in [3.63, 3.8) is 0 Å². The minimum absolute atomic E-state index is 0.736. The molecule has 0 aliphatic heterocycles. The van der Waals surface area contributed by atoms with E-state index in [-0.39, 0.29) is 0 Å². The largest absolute Gasteiger partial charge is 0.399 e. The number of nitrogens with zero attached hydrogens (tertiary/aromatic N) is 2. The Balaban J connectivity index is 2.07. The van der Waals surface area contributed by atoms with Gasteiger partial charge in [-0.15, -0.1) is 0 Å². The second-order valence-corrected chi connectivity index (χ2v) is 5.06. The van der Waals surface area contributed by atoms with Crippen LogP contribution in [0.4, 0.5) is 5.69 Å². The zero-order valence-electron chi connectivity index (χ0n) is 10.6. The van der Waals surface area contributed by atoms with Gasteiger partial charge in [0, 0.05) is 17.3 Å². The van der Waals surface area contributed by atoms with Gasteiger partial charge in [-0.1, -0.05) is 23.7 Å². The SMILES string of the molecule is Cc1nc2cc(N)ccc2n1Cc1cccc(Cl)c1. The van der Waals surface area contributed by atoms with Gasteiger partial charge in [-0.3, -0.25) is 0 Å². The van der Waals surface area contributed by atoms with Gasteiger partial charge in [0.25, 0.3) is 0 Å². The molecule has 0 aliphatic rings. The van der Waals surface area contributed by atoms with Crippen LogP contribution in [0.15, 0.2) is 42.5 Å². The van der Waals surface area contributed by atoms with Crippen LogP contribution in [0.25, 0.3) is 11.0 Å². The van der Waals surface area contributed by atoms with Gasteiger partial charge in [0.05, 0.1) is 11.0 Å². The summed E-state index contributed by atoms with van der Waals surface area (Å²) in [6.45, 7) is 2.76. The number of anilines is 1. The summed E-state index contributed by atoms with van der Waals surface area (Å²) >= 11 is 6.02. The van der Waals surface area contributed by atoms with Crippen molar-refractivity contribution < 1.29 is 0 Å². The summed E-state index contributed by atoms with van der Waals surface area (Å²) in [6.07, 6.45) is 0. The Morgan fingerprint density at radius 1 is 1.21 bits per heavy atom. The molecule has 19 heavy (non-hydrogen) atoms. The van der Waals surface area contributed by atoms with E-state index in [0.717, 1.165) is 39.7 Å². The first-order chi connectivity index (χ1) is 9.13. The number of halogens is 1. The molecule has 1 aromatic heterocycles. The number of hydrogen-bond donors (Lipinski definition) is 1. The highest BCUT2D eigenvalue weighted by Crippen LogP contribution is 2.21. The summed E-state index contributed by atoms with van der Waals surface area (Å²) in [5.41, 5.74) is 9.70. The molecule has 0 amide bonds. The Labute approximate surface area is 116 Å². The molecule has 0 radical (unpaired) electrons. The van der Waals surface area contributed by atoms with Crippen LogP contribution in [0.2, 0.25) is 5.02 Å². The third kappa shape index (κ3) is 2.29. The summed E-state index contributed by atoms with van der Waals surface area (Å²) < 4.78 is 2.17. The Kier molecular flexibility index (Phi) is 2.91. The molecule has 3 nitrogen and oxygen atoms in total. The number of fused-ring (bicyclic) bond motifs is 1. The highest BCUT2D eigenvalue weighted by atomic mass is 35.5. The number of rotatable bonds is 2. The summed E-state index contributed by atoms with van der Waals surface area (Å²) in [7, 11) is 0. The summed E-state index contributed by atoms with van der Waals surface area (Å²) in [4.78, 5) is 4.54. The molecule has 96 valence electrons. The van der Waals surface area contributed by atoms with E-state index < -0.39 is 0 Å². The Bertz CT molecular complexity index is 746. The molecule has 0 aliphatic carbocycles.